The third kappa shape index (κ3) is 6.18. The van der Waals surface area contributed by atoms with E-state index in [0.717, 1.165) is 23.5 Å². The van der Waals surface area contributed by atoms with Crippen molar-refractivity contribution in [2.75, 3.05) is 5.32 Å². The van der Waals surface area contributed by atoms with Gasteiger partial charge in [0.2, 0.25) is 0 Å². The molecule has 2 aromatic rings. The number of hydrogen-bond donors (Lipinski definition) is 2. The third-order valence-electron chi connectivity index (χ3n) is 4.26. The van der Waals surface area contributed by atoms with Crippen molar-refractivity contribution in [2.45, 2.75) is 41.0 Å². The Morgan fingerprint density at radius 2 is 1.81 bits per heavy atom. The lowest BCUT2D eigenvalue weighted by molar-refractivity contribution is 0.824. The molecule has 2 rings (SSSR count). The first-order chi connectivity index (χ1) is 12.9. The van der Waals surface area contributed by atoms with E-state index < -0.39 is 0 Å². The smallest absolute Gasteiger partial charge is 0.0615 e. The highest BCUT2D eigenvalue weighted by Gasteiger charge is 2.06. The van der Waals surface area contributed by atoms with Crippen LogP contribution in [0, 0.1) is 12.8 Å². The molecule has 27 heavy (non-hydrogen) atoms. The molecule has 2 N–H and O–H groups in total. The molecule has 0 aromatic heterocycles. The summed E-state index contributed by atoms with van der Waals surface area (Å²) in [5.74, 6) is 0.512. The Kier molecular flexibility index (Phi) is 7.48. The molecule has 0 bridgehead atoms. The van der Waals surface area contributed by atoms with E-state index in [9.17, 15) is 0 Å². The molecule has 0 saturated carbocycles. The van der Waals surface area contributed by atoms with Crippen molar-refractivity contribution in [1.82, 2.24) is 5.32 Å². The second kappa shape index (κ2) is 9.82. The lowest BCUT2D eigenvalue weighted by Gasteiger charge is -2.17. The van der Waals surface area contributed by atoms with Crippen molar-refractivity contribution < 1.29 is 0 Å². The summed E-state index contributed by atoms with van der Waals surface area (Å²) in [6.07, 6.45) is 9.47. The maximum absolute atomic E-state index is 4.28. The predicted molar refractivity (Wildman–Crippen MR) is 121 cm³/mol. The fraction of sp³-hybridized carbons (Fsp3) is 0.280. The molecule has 0 unspecified atom stereocenters. The fourth-order valence-corrected chi connectivity index (χ4v) is 3.00. The van der Waals surface area contributed by atoms with E-state index in [-0.39, 0.29) is 0 Å². The molecule has 0 saturated heterocycles. The van der Waals surface area contributed by atoms with E-state index >= 15 is 0 Å². The van der Waals surface area contributed by atoms with Crippen LogP contribution in [0.2, 0.25) is 0 Å². The predicted octanol–water partition coefficient (Wildman–Crippen LogP) is 7.07. The molecule has 0 aliphatic heterocycles. The van der Waals surface area contributed by atoms with Gasteiger partial charge in [-0.05, 0) is 66.9 Å². The molecule has 0 heterocycles. The van der Waals surface area contributed by atoms with Crippen molar-refractivity contribution in [3.8, 4) is 0 Å². The molecular formula is C25H32N2. The normalized spacial score (nSPS) is 12.8. The second-order valence-electron chi connectivity index (χ2n) is 7.29. The summed E-state index contributed by atoms with van der Waals surface area (Å²) in [6, 6.07) is 12.8. The monoisotopic (exact) mass is 360 g/mol. The van der Waals surface area contributed by atoms with E-state index in [1.54, 1.807) is 0 Å². The van der Waals surface area contributed by atoms with Crippen LogP contribution in [0.4, 0.5) is 5.69 Å². The highest BCUT2D eigenvalue weighted by atomic mass is 15.0. The van der Waals surface area contributed by atoms with Gasteiger partial charge in [-0.1, -0.05) is 69.3 Å². The summed E-state index contributed by atoms with van der Waals surface area (Å²) >= 11 is 0. The van der Waals surface area contributed by atoms with Gasteiger partial charge < -0.3 is 10.6 Å². The standard InChI is InChI=1S/C25H32N2/c1-7-8-13-26-25(15-19(4)14-18(2)3)21(6)27-24-17-23-12-10-9-11-22(23)16-20(24)5/h8-18,26-27H,6-7H2,1-5H3/b13-8+,19-14+,25-15-. The molecule has 142 valence electrons. The largest absolute Gasteiger partial charge is 0.360 e. The lowest BCUT2D eigenvalue weighted by Crippen LogP contribution is -2.13. The number of benzene rings is 2. The summed E-state index contributed by atoms with van der Waals surface area (Å²) in [7, 11) is 0. The Morgan fingerprint density at radius 1 is 1.15 bits per heavy atom. The second-order valence-corrected chi connectivity index (χ2v) is 7.29. The van der Waals surface area contributed by atoms with Gasteiger partial charge in [0, 0.05) is 5.69 Å². The van der Waals surface area contributed by atoms with E-state index in [2.05, 4.69) is 106 Å². The molecule has 0 radical (unpaired) electrons. The van der Waals surface area contributed by atoms with Crippen molar-refractivity contribution in [2.24, 2.45) is 5.92 Å². The van der Waals surface area contributed by atoms with Gasteiger partial charge in [0.05, 0.1) is 11.4 Å². The van der Waals surface area contributed by atoms with Crippen LogP contribution in [-0.4, -0.2) is 0 Å². The van der Waals surface area contributed by atoms with Gasteiger partial charge in [-0.2, -0.15) is 0 Å². The number of nitrogens with one attached hydrogen (secondary N) is 2. The average molecular weight is 361 g/mol. The summed E-state index contributed by atoms with van der Waals surface area (Å²) in [6.45, 7) is 15.0. The van der Waals surface area contributed by atoms with Crippen LogP contribution >= 0.6 is 0 Å². The number of allylic oxidation sites excluding steroid dienone is 4. The van der Waals surface area contributed by atoms with Crippen LogP contribution in [0.25, 0.3) is 10.8 Å². The molecule has 0 fully saturated rings. The highest BCUT2D eigenvalue weighted by Crippen LogP contribution is 2.25. The zero-order valence-electron chi connectivity index (χ0n) is 17.3. The fourth-order valence-electron chi connectivity index (χ4n) is 3.00. The van der Waals surface area contributed by atoms with E-state index in [4.69, 9.17) is 0 Å². The van der Waals surface area contributed by atoms with Crippen molar-refractivity contribution >= 4 is 16.5 Å². The van der Waals surface area contributed by atoms with E-state index in [0.29, 0.717) is 5.92 Å². The van der Waals surface area contributed by atoms with Crippen LogP contribution in [0.5, 0.6) is 0 Å². The van der Waals surface area contributed by atoms with Gasteiger partial charge in [0.25, 0.3) is 0 Å². The minimum absolute atomic E-state index is 0.512. The van der Waals surface area contributed by atoms with Crippen molar-refractivity contribution in [3.63, 3.8) is 0 Å². The minimum Gasteiger partial charge on any atom is -0.360 e. The zero-order chi connectivity index (χ0) is 19.8. The lowest BCUT2D eigenvalue weighted by atomic mass is 10.1. The molecule has 0 aliphatic carbocycles. The first-order valence-corrected chi connectivity index (χ1v) is 9.68. The van der Waals surface area contributed by atoms with Gasteiger partial charge in [-0.3, -0.25) is 0 Å². The number of rotatable bonds is 8. The number of anilines is 1. The molecule has 2 heteroatoms. The van der Waals surface area contributed by atoms with Crippen LogP contribution in [0.1, 0.15) is 39.7 Å². The zero-order valence-corrected chi connectivity index (χ0v) is 17.3. The average Bonchev–Trinajstić information content (AvgIpc) is 2.61. The van der Waals surface area contributed by atoms with Crippen LogP contribution in [0.15, 0.2) is 84.4 Å². The first kappa shape index (κ1) is 20.6. The summed E-state index contributed by atoms with van der Waals surface area (Å²) in [4.78, 5) is 0. The Bertz CT molecular complexity index is 882. The molecule has 0 amide bonds. The molecule has 0 atom stereocenters. The number of fused-ring (bicyclic) bond motifs is 1. The van der Waals surface area contributed by atoms with Crippen LogP contribution in [-0.2, 0) is 0 Å². The third-order valence-corrected chi connectivity index (χ3v) is 4.26. The molecule has 2 aromatic carbocycles. The van der Waals surface area contributed by atoms with Gasteiger partial charge in [0.15, 0.2) is 0 Å². The van der Waals surface area contributed by atoms with Gasteiger partial charge >= 0.3 is 0 Å². The number of aryl methyl sites for hydroxylation is 1. The Balaban J connectivity index is 2.30. The SMILES string of the molecule is C=C(Nc1cc2ccccc2cc1C)/C(=C/C(C)=C/C(C)C)N/C=C/CC. The molecule has 0 spiro atoms. The first-order valence-electron chi connectivity index (χ1n) is 9.68. The summed E-state index contributed by atoms with van der Waals surface area (Å²) in [5, 5.41) is 9.35. The maximum atomic E-state index is 4.28. The molecule has 0 aliphatic rings. The Morgan fingerprint density at radius 3 is 2.44 bits per heavy atom. The van der Waals surface area contributed by atoms with Gasteiger partial charge in [-0.25, -0.2) is 0 Å². The summed E-state index contributed by atoms with van der Waals surface area (Å²) < 4.78 is 0. The number of hydrogen-bond acceptors (Lipinski definition) is 2. The van der Waals surface area contributed by atoms with Gasteiger partial charge in [-0.15, -0.1) is 0 Å². The Labute approximate surface area is 164 Å². The molecular weight excluding hydrogens is 328 g/mol. The van der Waals surface area contributed by atoms with E-state index in [1.807, 2.05) is 6.20 Å². The van der Waals surface area contributed by atoms with Gasteiger partial charge in [0.1, 0.15) is 0 Å². The molecule has 2 nitrogen and oxygen atoms in total. The van der Waals surface area contributed by atoms with Crippen molar-refractivity contribution in [1.29, 1.82) is 0 Å². The quantitative estimate of drug-likeness (QED) is 0.492. The highest BCUT2D eigenvalue weighted by molar-refractivity contribution is 5.87. The minimum atomic E-state index is 0.512. The topological polar surface area (TPSA) is 24.1 Å². The van der Waals surface area contributed by atoms with Crippen LogP contribution in [0.3, 0.4) is 0 Å². The van der Waals surface area contributed by atoms with E-state index in [1.165, 1.54) is 21.9 Å². The Hall–Kier alpha value is -2.74. The van der Waals surface area contributed by atoms with Crippen LogP contribution < -0.4 is 10.6 Å². The maximum Gasteiger partial charge on any atom is 0.0615 e. The van der Waals surface area contributed by atoms with Crippen molar-refractivity contribution in [3.05, 3.63) is 89.9 Å². The summed E-state index contributed by atoms with van der Waals surface area (Å²) in [5.41, 5.74) is 5.33.